The van der Waals surface area contributed by atoms with Crippen LogP contribution in [0.15, 0.2) is 18.2 Å². The molecule has 106 valence electrons. The molecule has 2 N–H and O–H groups in total. The number of nitrogens with two attached hydrogens (primary N) is 1. The summed E-state index contributed by atoms with van der Waals surface area (Å²) in [6.45, 7) is 4.81. The van der Waals surface area contributed by atoms with Crippen molar-refractivity contribution in [3.05, 3.63) is 23.2 Å². The van der Waals surface area contributed by atoms with Gasteiger partial charge in [-0.1, -0.05) is 11.6 Å². The molecule has 2 unspecified atom stereocenters. The lowest BCUT2D eigenvalue weighted by atomic mass is 9.94. The van der Waals surface area contributed by atoms with Crippen molar-refractivity contribution in [1.82, 2.24) is 20.2 Å². The average Bonchev–Trinajstić information content (AvgIpc) is 3.01. The lowest BCUT2D eigenvalue weighted by Gasteiger charge is -2.28. The summed E-state index contributed by atoms with van der Waals surface area (Å²) in [5, 5.41) is 12.6. The number of hydrogen-bond acceptors (Lipinski definition) is 5. The molecule has 0 bridgehead atoms. The first-order valence-electron chi connectivity index (χ1n) is 6.48. The first kappa shape index (κ1) is 13.3. The highest BCUT2D eigenvalue weighted by atomic mass is 35.5. The van der Waals surface area contributed by atoms with Gasteiger partial charge in [0.05, 0.1) is 16.7 Å². The molecule has 0 aliphatic carbocycles. The first-order valence-corrected chi connectivity index (χ1v) is 6.86. The zero-order valence-corrected chi connectivity index (χ0v) is 12.1. The second-order valence-electron chi connectivity index (χ2n) is 5.27. The number of aromatic nitrogens is 4. The van der Waals surface area contributed by atoms with Crippen LogP contribution in [0.5, 0.6) is 0 Å². The van der Waals surface area contributed by atoms with Crippen LogP contribution < -0.4 is 5.73 Å². The Morgan fingerprint density at radius 2 is 2.30 bits per heavy atom. The van der Waals surface area contributed by atoms with Crippen LogP contribution in [0.25, 0.3) is 11.4 Å². The van der Waals surface area contributed by atoms with Crippen LogP contribution in [0.3, 0.4) is 0 Å². The minimum atomic E-state index is -0.285. The molecule has 1 aromatic heterocycles. The second-order valence-corrected chi connectivity index (χ2v) is 5.68. The zero-order chi connectivity index (χ0) is 14.3. The van der Waals surface area contributed by atoms with E-state index in [0.29, 0.717) is 23.1 Å². The minimum absolute atomic E-state index is 0.0320. The van der Waals surface area contributed by atoms with Gasteiger partial charge in [-0.2, -0.15) is 0 Å². The van der Waals surface area contributed by atoms with Gasteiger partial charge >= 0.3 is 0 Å². The molecule has 1 aromatic carbocycles. The summed E-state index contributed by atoms with van der Waals surface area (Å²) in [4.78, 5) is 0. The van der Waals surface area contributed by atoms with Gasteiger partial charge in [0.2, 0.25) is 0 Å². The van der Waals surface area contributed by atoms with E-state index in [9.17, 15) is 0 Å². The molecule has 3 rings (SSSR count). The molecule has 0 saturated carbocycles. The maximum atomic E-state index is 6.25. The summed E-state index contributed by atoms with van der Waals surface area (Å²) in [6, 6.07) is 5.29. The maximum absolute atomic E-state index is 6.25. The summed E-state index contributed by atoms with van der Waals surface area (Å²) in [7, 11) is 0. The minimum Gasteiger partial charge on any atom is -0.399 e. The molecule has 1 aliphatic heterocycles. The van der Waals surface area contributed by atoms with Crippen molar-refractivity contribution >= 4 is 17.3 Å². The van der Waals surface area contributed by atoms with E-state index in [0.717, 1.165) is 12.0 Å². The van der Waals surface area contributed by atoms with Crippen LogP contribution in [0, 0.1) is 0 Å². The van der Waals surface area contributed by atoms with Gasteiger partial charge in [0.15, 0.2) is 5.82 Å². The summed E-state index contributed by atoms with van der Waals surface area (Å²) >= 11 is 6.25. The van der Waals surface area contributed by atoms with E-state index in [-0.39, 0.29) is 11.6 Å². The van der Waals surface area contributed by atoms with Crippen LogP contribution in [-0.4, -0.2) is 32.9 Å². The Morgan fingerprint density at radius 1 is 1.50 bits per heavy atom. The molecule has 2 aromatic rings. The van der Waals surface area contributed by atoms with Gasteiger partial charge < -0.3 is 10.5 Å². The quantitative estimate of drug-likeness (QED) is 0.858. The SMILES string of the molecule is CC1OCCC1(C)n1nnnc1-c1cc(N)ccc1Cl. The smallest absolute Gasteiger partial charge is 0.184 e. The number of benzene rings is 1. The van der Waals surface area contributed by atoms with Crippen LogP contribution in [-0.2, 0) is 10.3 Å². The Labute approximate surface area is 121 Å². The van der Waals surface area contributed by atoms with E-state index >= 15 is 0 Å². The highest BCUT2D eigenvalue weighted by Crippen LogP contribution is 2.37. The van der Waals surface area contributed by atoms with Crippen molar-refractivity contribution in [1.29, 1.82) is 0 Å². The van der Waals surface area contributed by atoms with E-state index in [1.54, 1.807) is 22.9 Å². The fourth-order valence-electron chi connectivity index (χ4n) is 2.52. The molecule has 6 nitrogen and oxygen atoms in total. The van der Waals surface area contributed by atoms with E-state index in [1.165, 1.54) is 0 Å². The molecule has 1 fully saturated rings. The normalized spacial score (nSPS) is 26.1. The number of nitrogens with zero attached hydrogens (tertiary/aromatic N) is 4. The third-order valence-corrected chi connectivity index (χ3v) is 4.37. The third-order valence-electron chi connectivity index (χ3n) is 4.04. The largest absolute Gasteiger partial charge is 0.399 e. The van der Waals surface area contributed by atoms with Crippen molar-refractivity contribution in [3.8, 4) is 11.4 Å². The zero-order valence-electron chi connectivity index (χ0n) is 11.4. The van der Waals surface area contributed by atoms with E-state index in [2.05, 4.69) is 22.4 Å². The fraction of sp³-hybridized carbons (Fsp3) is 0.462. The van der Waals surface area contributed by atoms with E-state index in [4.69, 9.17) is 22.1 Å². The summed E-state index contributed by atoms with van der Waals surface area (Å²) in [5.74, 6) is 0.613. The Balaban J connectivity index is 2.13. The van der Waals surface area contributed by atoms with Crippen molar-refractivity contribution in [3.63, 3.8) is 0 Å². The number of nitrogen functional groups attached to an aromatic ring is 1. The van der Waals surface area contributed by atoms with Gasteiger partial charge in [-0.25, -0.2) is 4.68 Å². The van der Waals surface area contributed by atoms with Crippen molar-refractivity contribution < 1.29 is 4.74 Å². The van der Waals surface area contributed by atoms with Crippen LogP contribution in [0.1, 0.15) is 20.3 Å². The Kier molecular flexibility index (Phi) is 3.14. The highest BCUT2D eigenvalue weighted by Gasteiger charge is 2.42. The van der Waals surface area contributed by atoms with Crippen molar-refractivity contribution in [2.45, 2.75) is 31.9 Å². The summed E-state index contributed by atoms with van der Waals surface area (Å²) < 4.78 is 7.46. The molecular formula is C13H16ClN5O. The van der Waals surface area contributed by atoms with E-state index < -0.39 is 0 Å². The number of hydrogen-bond donors (Lipinski definition) is 1. The number of ether oxygens (including phenoxy) is 1. The third kappa shape index (κ3) is 1.96. The molecule has 7 heteroatoms. The van der Waals surface area contributed by atoms with E-state index in [1.807, 2.05) is 6.92 Å². The number of rotatable bonds is 2. The monoisotopic (exact) mass is 293 g/mol. The molecule has 20 heavy (non-hydrogen) atoms. The number of anilines is 1. The predicted octanol–water partition coefficient (Wildman–Crippen LogP) is 2.10. The molecule has 1 aliphatic rings. The summed E-state index contributed by atoms with van der Waals surface area (Å²) in [5.41, 5.74) is 6.91. The fourth-order valence-corrected chi connectivity index (χ4v) is 2.72. The maximum Gasteiger partial charge on any atom is 0.184 e. The van der Waals surface area contributed by atoms with Gasteiger partial charge in [0.1, 0.15) is 0 Å². The molecule has 1 saturated heterocycles. The first-order chi connectivity index (χ1) is 9.52. The van der Waals surface area contributed by atoms with Crippen LogP contribution in [0.4, 0.5) is 5.69 Å². The standard InChI is InChI=1S/C13H16ClN5O/c1-8-13(2,5-6-20-8)19-12(16-17-18-19)10-7-9(15)3-4-11(10)14/h3-4,7-8H,5-6,15H2,1-2H3. The van der Waals surface area contributed by atoms with Crippen molar-refractivity contribution in [2.24, 2.45) is 0 Å². The Bertz CT molecular complexity index is 643. The van der Waals surface area contributed by atoms with Gasteiger partial charge in [0, 0.05) is 17.9 Å². The van der Waals surface area contributed by atoms with Gasteiger partial charge in [-0.05, 0) is 48.9 Å². The molecular weight excluding hydrogens is 278 g/mol. The molecule has 0 radical (unpaired) electrons. The highest BCUT2D eigenvalue weighted by molar-refractivity contribution is 6.33. The summed E-state index contributed by atoms with van der Waals surface area (Å²) in [6.07, 6.45) is 0.885. The average molecular weight is 294 g/mol. The van der Waals surface area contributed by atoms with Gasteiger partial charge in [-0.3, -0.25) is 0 Å². The molecule has 2 heterocycles. The number of halogens is 1. The van der Waals surface area contributed by atoms with Crippen LogP contribution >= 0.6 is 11.6 Å². The number of tetrazole rings is 1. The van der Waals surface area contributed by atoms with Gasteiger partial charge in [-0.15, -0.1) is 5.10 Å². The molecule has 2 atom stereocenters. The topological polar surface area (TPSA) is 78.8 Å². The Hall–Kier alpha value is -1.66. The molecule has 0 amide bonds. The predicted molar refractivity (Wildman–Crippen MR) is 76.4 cm³/mol. The Morgan fingerprint density at radius 3 is 3.00 bits per heavy atom. The lowest BCUT2D eigenvalue weighted by molar-refractivity contribution is 0.0706. The van der Waals surface area contributed by atoms with Crippen molar-refractivity contribution in [2.75, 3.05) is 12.3 Å². The van der Waals surface area contributed by atoms with Gasteiger partial charge in [0.25, 0.3) is 0 Å². The molecule has 0 spiro atoms. The second kappa shape index (κ2) is 4.71. The lowest BCUT2D eigenvalue weighted by Crippen LogP contribution is -2.38. The van der Waals surface area contributed by atoms with Crippen LogP contribution in [0.2, 0.25) is 5.02 Å².